The van der Waals surface area contributed by atoms with E-state index in [1.807, 2.05) is 46.3 Å². The molecule has 122 valence electrons. The van der Waals surface area contributed by atoms with Gasteiger partial charge in [0.1, 0.15) is 4.83 Å². The van der Waals surface area contributed by atoms with E-state index in [9.17, 15) is 4.79 Å². The molecule has 7 heteroatoms. The van der Waals surface area contributed by atoms with E-state index in [0.29, 0.717) is 18.0 Å². The van der Waals surface area contributed by atoms with Crippen LogP contribution in [0.25, 0.3) is 15.3 Å². The van der Waals surface area contributed by atoms with Crippen LogP contribution in [0.3, 0.4) is 0 Å². The summed E-state index contributed by atoms with van der Waals surface area (Å²) in [7, 11) is 1.67. The number of thiophene rings is 1. The van der Waals surface area contributed by atoms with E-state index in [1.54, 1.807) is 18.4 Å². The smallest absolute Gasteiger partial charge is 0.261 e. The summed E-state index contributed by atoms with van der Waals surface area (Å²) in [5, 5.41) is 4.97. The summed E-state index contributed by atoms with van der Waals surface area (Å²) < 4.78 is 7.15. The van der Waals surface area contributed by atoms with Gasteiger partial charge in [0.15, 0.2) is 4.96 Å². The average Bonchev–Trinajstić information content (AvgIpc) is 3.25. The average molecular weight is 357 g/mol. The van der Waals surface area contributed by atoms with E-state index < -0.39 is 0 Å². The molecule has 1 amide bonds. The van der Waals surface area contributed by atoms with E-state index >= 15 is 0 Å². The molecule has 0 spiro atoms. The van der Waals surface area contributed by atoms with Crippen LogP contribution in [-0.4, -0.2) is 22.4 Å². The van der Waals surface area contributed by atoms with Crippen molar-refractivity contribution in [3.63, 3.8) is 0 Å². The summed E-state index contributed by atoms with van der Waals surface area (Å²) >= 11 is 3.02. The van der Waals surface area contributed by atoms with Crippen LogP contribution in [0, 0.1) is 0 Å². The normalized spacial score (nSPS) is 11.4. The van der Waals surface area contributed by atoms with E-state index in [4.69, 9.17) is 4.74 Å². The maximum absolute atomic E-state index is 12.4. The van der Waals surface area contributed by atoms with Crippen LogP contribution in [0.5, 0.6) is 0 Å². The molecule has 0 atom stereocenters. The van der Waals surface area contributed by atoms with Crippen molar-refractivity contribution in [3.8, 4) is 0 Å². The minimum atomic E-state index is -0.0703. The van der Waals surface area contributed by atoms with E-state index in [-0.39, 0.29) is 5.91 Å². The first kappa shape index (κ1) is 15.3. The number of carbonyl (C=O) groups is 1. The lowest BCUT2D eigenvalue weighted by Crippen LogP contribution is -2.21. The third kappa shape index (κ3) is 2.82. The van der Waals surface area contributed by atoms with Crippen molar-refractivity contribution >= 4 is 43.9 Å². The number of methoxy groups -OCH3 is 1. The lowest BCUT2D eigenvalue weighted by Gasteiger charge is -2.06. The van der Waals surface area contributed by atoms with Gasteiger partial charge >= 0.3 is 0 Å². The highest BCUT2D eigenvalue weighted by atomic mass is 32.1. The Morgan fingerprint density at radius 2 is 2.21 bits per heavy atom. The maximum atomic E-state index is 12.4. The highest BCUT2D eigenvalue weighted by Gasteiger charge is 2.14. The molecule has 0 bridgehead atoms. The van der Waals surface area contributed by atoms with Crippen LogP contribution in [0.1, 0.15) is 20.8 Å². The third-order valence-corrected chi connectivity index (χ3v) is 5.49. The second-order valence-electron chi connectivity index (χ2n) is 5.40. The molecule has 24 heavy (non-hydrogen) atoms. The zero-order valence-corrected chi connectivity index (χ0v) is 14.6. The number of carbonyl (C=O) groups excluding carboxylic acids is 1. The van der Waals surface area contributed by atoms with Crippen molar-refractivity contribution in [2.75, 3.05) is 7.11 Å². The topological polar surface area (TPSA) is 55.6 Å². The lowest BCUT2D eigenvalue weighted by atomic mass is 10.1. The summed E-state index contributed by atoms with van der Waals surface area (Å²) in [6.45, 7) is 1.06. The van der Waals surface area contributed by atoms with Crippen molar-refractivity contribution in [2.24, 2.45) is 0 Å². The SMILES string of the molecule is COCc1cccc(CNC(=O)c2cc3c(nc4sccn43)s2)c1. The maximum Gasteiger partial charge on any atom is 0.261 e. The summed E-state index contributed by atoms with van der Waals surface area (Å²) in [6, 6.07) is 9.93. The molecule has 0 radical (unpaired) electrons. The Morgan fingerprint density at radius 1 is 1.33 bits per heavy atom. The van der Waals surface area contributed by atoms with E-state index in [2.05, 4.69) is 10.3 Å². The van der Waals surface area contributed by atoms with E-state index in [1.165, 1.54) is 11.3 Å². The molecule has 4 rings (SSSR count). The molecule has 4 aromatic rings. The fourth-order valence-electron chi connectivity index (χ4n) is 2.63. The Balaban J connectivity index is 1.49. The first-order valence-corrected chi connectivity index (χ1v) is 9.14. The number of nitrogens with zero attached hydrogens (tertiary/aromatic N) is 2. The Kier molecular flexibility index (Phi) is 4.05. The second-order valence-corrected chi connectivity index (χ2v) is 7.31. The fraction of sp³-hybridized carbons (Fsp3) is 0.176. The van der Waals surface area contributed by atoms with Crippen LogP contribution >= 0.6 is 22.7 Å². The molecule has 0 aliphatic rings. The van der Waals surface area contributed by atoms with Gasteiger partial charge in [-0.05, 0) is 17.2 Å². The van der Waals surface area contributed by atoms with Gasteiger partial charge in [-0.1, -0.05) is 24.3 Å². The molecule has 1 N–H and O–H groups in total. The van der Waals surface area contributed by atoms with Gasteiger partial charge in [-0.15, -0.1) is 22.7 Å². The van der Waals surface area contributed by atoms with Gasteiger partial charge in [-0.2, -0.15) is 0 Å². The van der Waals surface area contributed by atoms with Crippen LogP contribution in [0.2, 0.25) is 0 Å². The zero-order valence-electron chi connectivity index (χ0n) is 13.0. The van der Waals surface area contributed by atoms with Crippen molar-refractivity contribution in [3.05, 3.63) is 57.9 Å². The van der Waals surface area contributed by atoms with Crippen LogP contribution < -0.4 is 5.32 Å². The molecule has 0 fully saturated rings. The predicted molar refractivity (Wildman–Crippen MR) is 96.8 cm³/mol. The highest BCUT2D eigenvalue weighted by Crippen LogP contribution is 2.28. The predicted octanol–water partition coefficient (Wildman–Crippen LogP) is 3.69. The first-order valence-electron chi connectivity index (χ1n) is 7.44. The van der Waals surface area contributed by atoms with Gasteiger partial charge in [0.05, 0.1) is 17.0 Å². The summed E-state index contributed by atoms with van der Waals surface area (Å²) in [5.74, 6) is -0.0703. The zero-order chi connectivity index (χ0) is 16.5. The van der Waals surface area contributed by atoms with Crippen molar-refractivity contribution < 1.29 is 9.53 Å². The Bertz CT molecular complexity index is 1020. The molecule has 0 saturated heterocycles. The van der Waals surface area contributed by atoms with Gasteiger partial charge < -0.3 is 10.1 Å². The number of aromatic nitrogens is 2. The molecule has 0 saturated carbocycles. The van der Waals surface area contributed by atoms with Crippen molar-refractivity contribution in [2.45, 2.75) is 13.2 Å². The quantitative estimate of drug-likeness (QED) is 0.593. The Labute approximate surface area is 146 Å². The standard InChI is InChI=1S/C17H15N3O2S2/c1-22-10-12-4-2-3-11(7-12)9-18-15(21)14-8-13-16(24-14)19-17-20(13)5-6-23-17/h2-8H,9-10H2,1H3,(H,18,21). The summed E-state index contributed by atoms with van der Waals surface area (Å²) in [4.78, 5) is 19.5. The Morgan fingerprint density at radius 3 is 3.08 bits per heavy atom. The van der Waals surface area contributed by atoms with Gasteiger partial charge in [-0.25, -0.2) is 4.98 Å². The lowest BCUT2D eigenvalue weighted by molar-refractivity contribution is 0.0955. The first-order chi connectivity index (χ1) is 11.7. The Hall–Kier alpha value is -2.22. The molecule has 0 aliphatic heterocycles. The number of fused-ring (bicyclic) bond motifs is 3. The number of hydrogen-bond donors (Lipinski definition) is 1. The van der Waals surface area contributed by atoms with Gasteiger partial charge in [0.2, 0.25) is 0 Å². The molecule has 0 aliphatic carbocycles. The molecule has 3 aromatic heterocycles. The molecular weight excluding hydrogens is 342 g/mol. The minimum Gasteiger partial charge on any atom is -0.380 e. The van der Waals surface area contributed by atoms with Gasteiger partial charge in [0, 0.05) is 25.2 Å². The third-order valence-electron chi connectivity index (χ3n) is 3.72. The molecule has 3 heterocycles. The number of amides is 1. The number of ether oxygens (including phenoxy) is 1. The van der Waals surface area contributed by atoms with Crippen molar-refractivity contribution in [1.29, 1.82) is 0 Å². The number of benzene rings is 1. The van der Waals surface area contributed by atoms with Gasteiger partial charge in [-0.3, -0.25) is 9.20 Å². The monoisotopic (exact) mass is 357 g/mol. The van der Waals surface area contributed by atoms with E-state index in [0.717, 1.165) is 26.4 Å². The second kappa shape index (κ2) is 6.35. The molecule has 1 aromatic carbocycles. The number of rotatable bonds is 5. The van der Waals surface area contributed by atoms with Crippen LogP contribution in [0.4, 0.5) is 0 Å². The molecule has 5 nitrogen and oxygen atoms in total. The van der Waals surface area contributed by atoms with Crippen LogP contribution in [0.15, 0.2) is 41.9 Å². The summed E-state index contributed by atoms with van der Waals surface area (Å²) in [6.07, 6.45) is 1.98. The minimum absolute atomic E-state index is 0.0703. The fourth-order valence-corrected chi connectivity index (χ4v) is 4.34. The number of hydrogen-bond acceptors (Lipinski definition) is 5. The van der Waals surface area contributed by atoms with Gasteiger partial charge in [0.25, 0.3) is 5.91 Å². The largest absolute Gasteiger partial charge is 0.380 e. The number of thiazole rings is 1. The number of imidazole rings is 1. The molecular formula is C17H15N3O2S2. The highest BCUT2D eigenvalue weighted by molar-refractivity contribution is 7.21. The summed E-state index contributed by atoms with van der Waals surface area (Å²) in [5.41, 5.74) is 3.14. The number of nitrogens with one attached hydrogen (secondary N) is 1. The molecule has 0 unspecified atom stereocenters. The van der Waals surface area contributed by atoms with Crippen LogP contribution in [-0.2, 0) is 17.9 Å². The van der Waals surface area contributed by atoms with Crippen molar-refractivity contribution in [1.82, 2.24) is 14.7 Å².